The predicted molar refractivity (Wildman–Crippen MR) is 107 cm³/mol. The highest BCUT2D eigenvalue weighted by Gasteiger charge is 2.26. The number of rotatable bonds is 6. The molecule has 1 aromatic carbocycles. The van der Waals surface area contributed by atoms with Crippen LogP contribution in [-0.2, 0) is 11.2 Å². The summed E-state index contributed by atoms with van der Waals surface area (Å²) < 4.78 is 0. The van der Waals surface area contributed by atoms with Crippen LogP contribution < -0.4 is 5.32 Å². The van der Waals surface area contributed by atoms with Gasteiger partial charge in [0.2, 0.25) is 5.91 Å². The Labute approximate surface area is 164 Å². The Morgan fingerprint density at radius 3 is 2.52 bits per heavy atom. The summed E-state index contributed by atoms with van der Waals surface area (Å²) in [5.74, 6) is 0.100. The number of thiazole rings is 1. The maximum atomic E-state index is 12.9. The number of hydrogen-bond donors (Lipinski definition) is 1. The van der Waals surface area contributed by atoms with Crippen LogP contribution in [0.5, 0.6) is 0 Å². The van der Waals surface area contributed by atoms with Crippen molar-refractivity contribution in [3.63, 3.8) is 0 Å². The number of likely N-dealkylation sites (N-methyl/N-ethyl adjacent to an activating group) is 1. The monoisotopic (exact) mass is 386 g/mol. The summed E-state index contributed by atoms with van der Waals surface area (Å²) in [6.45, 7) is 7.59. The van der Waals surface area contributed by atoms with E-state index in [-0.39, 0.29) is 11.8 Å². The fraction of sp³-hybridized carbons (Fsp3) is 0.450. The van der Waals surface area contributed by atoms with Crippen LogP contribution in [0.25, 0.3) is 0 Å². The average molecular weight is 387 g/mol. The van der Waals surface area contributed by atoms with Crippen LogP contribution in [-0.4, -0.2) is 65.9 Å². The molecule has 0 bridgehead atoms. The minimum absolute atomic E-state index is 0.0427. The molecule has 0 atom stereocenters. The smallest absolute Gasteiger partial charge is 0.265 e. The molecule has 1 N–H and O–H groups in total. The highest BCUT2D eigenvalue weighted by molar-refractivity contribution is 7.13. The van der Waals surface area contributed by atoms with Crippen LogP contribution in [0.15, 0.2) is 30.3 Å². The van der Waals surface area contributed by atoms with Crippen molar-refractivity contribution in [3.8, 4) is 0 Å². The molecule has 1 fully saturated rings. The van der Waals surface area contributed by atoms with Gasteiger partial charge in [-0.25, -0.2) is 4.98 Å². The highest BCUT2D eigenvalue weighted by Crippen LogP contribution is 2.23. The van der Waals surface area contributed by atoms with Gasteiger partial charge in [-0.15, -0.1) is 11.3 Å². The number of amides is 2. The lowest BCUT2D eigenvalue weighted by Crippen LogP contribution is -2.51. The van der Waals surface area contributed by atoms with Gasteiger partial charge in [0.25, 0.3) is 5.91 Å². The fourth-order valence-corrected chi connectivity index (χ4v) is 4.27. The van der Waals surface area contributed by atoms with E-state index in [1.165, 1.54) is 16.9 Å². The number of nitrogens with one attached hydrogen (secondary N) is 1. The van der Waals surface area contributed by atoms with Crippen LogP contribution in [0.1, 0.15) is 32.9 Å². The van der Waals surface area contributed by atoms with E-state index in [1.54, 1.807) is 0 Å². The van der Waals surface area contributed by atoms with E-state index >= 15 is 0 Å². The van der Waals surface area contributed by atoms with Crippen molar-refractivity contribution in [3.05, 3.63) is 51.5 Å². The summed E-state index contributed by atoms with van der Waals surface area (Å²) in [6, 6.07) is 10.2. The number of hydrogen-bond acceptors (Lipinski definition) is 5. The Balaban J connectivity index is 1.58. The van der Waals surface area contributed by atoms with E-state index in [4.69, 9.17) is 0 Å². The second-order valence-electron chi connectivity index (χ2n) is 6.71. The Morgan fingerprint density at radius 1 is 1.15 bits per heavy atom. The van der Waals surface area contributed by atoms with Crippen LogP contribution >= 0.6 is 11.3 Å². The molecule has 3 rings (SSSR count). The van der Waals surface area contributed by atoms with Gasteiger partial charge in [0.1, 0.15) is 4.88 Å². The zero-order chi connectivity index (χ0) is 19.2. The third-order valence-corrected chi connectivity index (χ3v) is 5.78. The zero-order valence-electron chi connectivity index (χ0n) is 15.9. The third kappa shape index (κ3) is 5.14. The summed E-state index contributed by atoms with van der Waals surface area (Å²) in [4.78, 5) is 33.9. The Morgan fingerprint density at radius 2 is 1.85 bits per heavy atom. The lowest BCUT2D eigenvalue weighted by atomic mass is 10.2. The van der Waals surface area contributed by atoms with Gasteiger partial charge in [0.05, 0.1) is 17.2 Å². The fourth-order valence-electron chi connectivity index (χ4n) is 3.21. The summed E-state index contributed by atoms with van der Waals surface area (Å²) in [6.07, 6.45) is 0.750. The van der Waals surface area contributed by atoms with E-state index in [9.17, 15) is 9.59 Å². The first-order chi connectivity index (χ1) is 13.1. The van der Waals surface area contributed by atoms with Crippen LogP contribution in [0.4, 0.5) is 0 Å². The third-order valence-electron chi connectivity index (χ3n) is 4.63. The first-order valence-corrected chi connectivity index (χ1v) is 10.2. The van der Waals surface area contributed by atoms with Gasteiger partial charge < -0.3 is 10.2 Å². The van der Waals surface area contributed by atoms with Crippen molar-refractivity contribution < 1.29 is 9.59 Å². The van der Waals surface area contributed by atoms with Crippen LogP contribution in [0.2, 0.25) is 0 Å². The van der Waals surface area contributed by atoms with Crippen molar-refractivity contribution in [2.24, 2.45) is 0 Å². The van der Waals surface area contributed by atoms with E-state index in [0.717, 1.165) is 35.1 Å². The summed E-state index contributed by atoms with van der Waals surface area (Å²) in [5, 5.41) is 3.78. The summed E-state index contributed by atoms with van der Waals surface area (Å²) in [7, 11) is 0. The van der Waals surface area contributed by atoms with Gasteiger partial charge in [0, 0.05) is 39.1 Å². The number of benzene rings is 1. The maximum Gasteiger partial charge on any atom is 0.265 e. The van der Waals surface area contributed by atoms with Crippen molar-refractivity contribution in [2.45, 2.75) is 20.3 Å². The second-order valence-corrected chi connectivity index (χ2v) is 7.79. The quantitative estimate of drug-likeness (QED) is 0.824. The number of nitrogens with zero attached hydrogens (tertiary/aromatic N) is 3. The van der Waals surface area contributed by atoms with Gasteiger partial charge in [0.15, 0.2) is 0 Å². The average Bonchev–Trinajstić information content (AvgIpc) is 3.03. The predicted octanol–water partition coefficient (Wildman–Crippen LogP) is 1.94. The minimum Gasteiger partial charge on any atom is -0.355 e. The molecule has 1 aromatic heterocycles. The Kier molecular flexibility index (Phi) is 6.58. The normalized spacial score (nSPS) is 15.0. The van der Waals surface area contributed by atoms with Crippen molar-refractivity contribution in [2.75, 3.05) is 39.3 Å². The van der Waals surface area contributed by atoms with Gasteiger partial charge in [-0.3, -0.25) is 14.5 Å². The summed E-state index contributed by atoms with van der Waals surface area (Å²) >= 11 is 1.49. The first kappa shape index (κ1) is 19.5. The largest absolute Gasteiger partial charge is 0.355 e. The van der Waals surface area contributed by atoms with E-state index in [1.807, 2.05) is 36.9 Å². The Hall–Kier alpha value is -2.25. The number of aryl methyl sites for hydroxylation is 1. The molecular formula is C20H26N4O2S. The standard InChI is InChI=1S/C20H26N4O2S/c1-3-21-17(25)14-23-9-11-24(12-10-23)20(26)19-15(2)22-18(27-19)13-16-7-5-4-6-8-16/h4-8H,3,9-14H2,1-2H3,(H,21,25). The molecule has 27 heavy (non-hydrogen) atoms. The lowest BCUT2D eigenvalue weighted by Gasteiger charge is -2.34. The SMILES string of the molecule is CCNC(=O)CN1CCN(C(=O)c2sc(Cc3ccccc3)nc2C)CC1. The lowest BCUT2D eigenvalue weighted by molar-refractivity contribution is -0.122. The molecule has 2 heterocycles. The summed E-state index contributed by atoms with van der Waals surface area (Å²) in [5.41, 5.74) is 2.00. The number of aromatic nitrogens is 1. The maximum absolute atomic E-state index is 12.9. The van der Waals surface area contributed by atoms with Crippen molar-refractivity contribution in [1.29, 1.82) is 0 Å². The van der Waals surface area contributed by atoms with Crippen molar-refractivity contribution >= 4 is 23.2 Å². The topological polar surface area (TPSA) is 65.5 Å². The molecule has 144 valence electrons. The molecule has 6 nitrogen and oxygen atoms in total. The highest BCUT2D eigenvalue weighted by atomic mass is 32.1. The van der Waals surface area contributed by atoms with Gasteiger partial charge in [-0.05, 0) is 19.4 Å². The van der Waals surface area contributed by atoms with Gasteiger partial charge in [-0.2, -0.15) is 0 Å². The minimum atomic E-state index is 0.0427. The zero-order valence-corrected chi connectivity index (χ0v) is 16.7. The number of carbonyl (C=O) groups is 2. The van der Waals surface area contributed by atoms with E-state index in [2.05, 4.69) is 27.3 Å². The number of carbonyl (C=O) groups excluding carboxylic acids is 2. The Bertz CT molecular complexity index is 783. The number of piperazine rings is 1. The molecular weight excluding hydrogens is 360 g/mol. The molecule has 0 unspecified atom stereocenters. The molecule has 2 aromatic rings. The molecule has 7 heteroatoms. The molecule has 0 radical (unpaired) electrons. The molecule has 0 spiro atoms. The van der Waals surface area contributed by atoms with Gasteiger partial charge >= 0.3 is 0 Å². The molecule has 1 aliphatic rings. The molecule has 2 amide bonds. The van der Waals surface area contributed by atoms with Gasteiger partial charge in [-0.1, -0.05) is 30.3 Å². The molecule has 0 aliphatic carbocycles. The first-order valence-electron chi connectivity index (χ1n) is 9.35. The van der Waals surface area contributed by atoms with E-state index < -0.39 is 0 Å². The van der Waals surface area contributed by atoms with Crippen LogP contribution in [0, 0.1) is 6.92 Å². The molecule has 1 saturated heterocycles. The van der Waals surface area contributed by atoms with E-state index in [0.29, 0.717) is 26.2 Å². The van der Waals surface area contributed by atoms with Crippen LogP contribution in [0.3, 0.4) is 0 Å². The molecule has 0 saturated carbocycles. The molecule has 1 aliphatic heterocycles. The van der Waals surface area contributed by atoms with Crippen molar-refractivity contribution in [1.82, 2.24) is 20.1 Å². The second kappa shape index (κ2) is 9.10.